The van der Waals surface area contributed by atoms with Crippen molar-refractivity contribution in [3.8, 4) is 0 Å². The number of aliphatic hydroxyl groups excluding tert-OH is 2. The first-order chi connectivity index (χ1) is 29.7. The van der Waals surface area contributed by atoms with Crippen LogP contribution in [0.25, 0.3) is 0 Å². The number of aliphatic hydroxyl groups is 2. The number of hydrogen-bond acceptors (Lipinski definition) is 16. The van der Waals surface area contributed by atoms with Gasteiger partial charge in [-0.15, -0.1) is 0 Å². The Labute approximate surface area is 363 Å². The van der Waals surface area contributed by atoms with Gasteiger partial charge in [-0.05, 0) is 32.1 Å². The van der Waals surface area contributed by atoms with Crippen molar-refractivity contribution in [2.45, 2.75) is 109 Å². The van der Waals surface area contributed by atoms with Crippen molar-refractivity contribution >= 4 is 5.78 Å². The zero-order valence-corrected chi connectivity index (χ0v) is 37.6. The van der Waals surface area contributed by atoms with Crippen LogP contribution < -0.4 is 11.1 Å². The number of rotatable bonds is 53. The highest BCUT2D eigenvalue weighted by molar-refractivity contribution is 5.84. The van der Waals surface area contributed by atoms with Crippen molar-refractivity contribution < 1.29 is 67.1 Å². The maximum atomic E-state index is 12.7. The topological polar surface area (TPSA) is 197 Å². The molecule has 0 aromatic carbocycles. The molecule has 0 aliphatic carbocycles. The Kier molecular flexibility index (Phi) is 51.1. The first-order valence-electron chi connectivity index (χ1n) is 22.9. The third kappa shape index (κ3) is 46.3. The molecule has 2 atom stereocenters. The van der Waals surface area contributed by atoms with Crippen LogP contribution >= 0.6 is 0 Å². The van der Waals surface area contributed by atoms with Gasteiger partial charge in [-0.2, -0.15) is 0 Å². The maximum absolute atomic E-state index is 12.7. The molecule has 0 aromatic rings. The molecule has 16 nitrogen and oxygen atoms in total. The highest BCUT2D eigenvalue weighted by Gasteiger charge is 2.20. The number of Topliss-reactive ketones (excluding diaryl/α,β-unsaturated/α-hetero) is 1. The molecule has 0 aromatic heterocycles. The number of hydrogen-bond donors (Lipinski definition) is 4. The average molecular weight is 869 g/mol. The van der Waals surface area contributed by atoms with Crippen LogP contribution in [0, 0.1) is 0 Å². The summed E-state index contributed by atoms with van der Waals surface area (Å²) in [6, 6.07) is -0.545. The fourth-order valence-electron chi connectivity index (χ4n) is 5.61. The van der Waals surface area contributed by atoms with Crippen LogP contribution in [0.1, 0.15) is 96.8 Å². The van der Waals surface area contributed by atoms with E-state index in [0.717, 1.165) is 25.7 Å². The first-order valence-corrected chi connectivity index (χ1v) is 22.9. The van der Waals surface area contributed by atoms with E-state index in [4.69, 9.17) is 62.9 Å². The number of nitrogens with two attached hydrogens (primary N) is 1. The molecule has 358 valence electrons. The summed E-state index contributed by atoms with van der Waals surface area (Å²) >= 11 is 0. The fourth-order valence-corrected chi connectivity index (χ4v) is 5.61. The predicted molar refractivity (Wildman–Crippen MR) is 233 cm³/mol. The van der Waals surface area contributed by atoms with Crippen LogP contribution in [-0.4, -0.2) is 187 Å². The minimum absolute atomic E-state index is 0.0184. The zero-order valence-electron chi connectivity index (χ0n) is 37.6. The molecule has 0 saturated carbocycles. The molecular weight excluding hydrogens is 780 g/mol. The lowest BCUT2D eigenvalue weighted by molar-refractivity contribution is -0.123. The largest absolute Gasteiger partial charge is 0.394 e. The lowest BCUT2D eigenvalue weighted by Gasteiger charge is -2.23. The van der Waals surface area contributed by atoms with Gasteiger partial charge in [0.2, 0.25) is 0 Å². The monoisotopic (exact) mass is 869 g/mol. The normalized spacial score (nSPS) is 12.9. The molecule has 0 saturated heterocycles. The van der Waals surface area contributed by atoms with Gasteiger partial charge in [-0.3, -0.25) is 10.1 Å². The summed E-state index contributed by atoms with van der Waals surface area (Å²) in [7, 11) is 0. The second kappa shape index (κ2) is 52.2. The standard InChI is InChI=1S/C44H88N2O14/c1-2-3-4-5-6-7-8-9-10-11-12-13-14-15-16-17-43(49)42(40-45)46-44(41-48)60-39-38-59-37-36-58-35-34-57-33-32-56-31-30-55-29-28-54-27-26-53-25-24-52-23-22-51-21-20-50-19-18-47/h9-10,42,44,46-48H,2-8,11-41,45H2,1H3/b10-9-. The Balaban J connectivity index is 3.46. The minimum Gasteiger partial charge on any atom is -0.394 e. The molecule has 60 heavy (non-hydrogen) atoms. The SMILES string of the molecule is CCCCCCCC/C=C\CCCCCCCC(=O)C(CN)NC(CO)OCCOCCOCCOCCOCCOCCOCCOCCOCCOCCOCCO. The molecule has 5 N–H and O–H groups in total. The Bertz CT molecular complexity index is 864. The van der Waals surface area contributed by atoms with Gasteiger partial charge in [0, 0.05) is 13.0 Å². The number of unbranched alkanes of at least 4 members (excludes halogenated alkanes) is 11. The summed E-state index contributed by atoms with van der Waals surface area (Å²) < 4.78 is 60.0. The Morgan fingerprint density at radius 1 is 0.483 bits per heavy atom. The number of ketones is 1. The van der Waals surface area contributed by atoms with Crippen LogP contribution in [0.5, 0.6) is 0 Å². The van der Waals surface area contributed by atoms with Gasteiger partial charge < -0.3 is 68.1 Å². The number of ether oxygens (including phenoxy) is 11. The van der Waals surface area contributed by atoms with E-state index in [1.165, 1.54) is 57.8 Å². The molecule has 0 aliphatic rings. The number of allylic oxidation sites excluding steroid dienone is 2. The number of carbonyl (C=O) groups excluding carboxylic acids is 1. The highest BCUT2D eigenvalue weighted by Crippen LogP contribution is 2.11. The summed E-state index contributed by atoms with van der Waals surface area (Å²) in [5.41, 5.74) is 5.87. The molecule has 2 unspecified atom stereocenters. The average Bonchev–Trinajstić information content (AvgIpc) is 3.26. The van der Waals surface area contributed by atoms with Gasteiger partial charge in [0.15, 0.2) is 5.78 Å². The molecule has 0 rings (SSSR count). The van der Waals surface area contributed by atoms with E-state index in [1.54, 1.807) is 0 Å². The minimum atomic E-state index is -0.687. The number of nitrogens with one attached hydrogen (secondary N) is 1. The molecule has 0 bridgehead atoms. The van der Waals surface area contributed by atoms with E-state index in [-0.39, 0.29) is 32.1 Å². The fraction of sp³-hybridized carbons (Fsp3) is 0.932. The zero-order chi connectivity index (χ0) is 43.5. The second-order valence-electron chi connectivity index (χ2n) is 14.1. The van der Waals surface area contributed by atoms with Crippen molar-refractivity contribution in [1.82, 2.24) is 5.32 Å². The van der Waals surface area contributed by atoms with Crippen molar-refractivity contribution in [2.24, 2.45) is 5.73 Å². The molecule has 0 radical (unpaired) electrons. The van der Waals surface area contributed by atoms with Crippen LogP contribution in [0.4, 0.5) is 0 Å². The molecule has 0 spiro atoms. The third-order valence-corrected chi connectivity index (χ3v) is 8.99. The van der Waals surface area contributed by atoms with E-state index < -0.39 is 12.3 Å². The lowest BCUT2D eigenvalue weighted by atomic mass is 10.0. The smallest absolute Gasteiger partial charge is 0.151 e. The molecule has 0 amide bonds. The summed E-state index contributed by atoms with van der Waals surface area (Å²) in [5.74, 6) is 0.0565. The van der Waals surface area contributed by atoms with Crippen molar-refractivity contribution in [2.75, 3.05) is 159 Å². The Hall–Kier alpha value is -1.19. The summed E-state index contributed by atoms with van der Waals surface area (Å²) in [6.45, 7) is 11.6. The van der Waals surface area contributed by atoms with Crippen LogP contribution in [-0.2, 0) is 56.9 Å². The highest BCUT2D eigenvalue weighted by atomic mass is 16.6. The summed E-state index contributed by atoms with van der Waals surface area (Å²) in [4.78, 5) is 12.7. The molecule has 0 fully saturated rings. The van der Waals surface area contributed by atoms with Crippen LogP contribution in [0.3, 0.4) is 0 Å². The Morgan fingerprint density at radius 2 is 0.817 bits per heavy atom. The van der Waals surface area contributed by atoms with Crippen LogP contribution in [0.15, 0.2) is 12.2 Å². The van der Waals surface area contributed by atoms with E-state index >= 15 is 0 Å². The van der Waals surface area contributed by atoms with E-state index in [2.05, 4.69) is 24.4 Å². The van der Waals surface area contributed by atoms with Gasteiger partial charge in [0.05, 0.1) is 158 Å². The molecule has 16 heteroatoms. The van der Waals surface area contributed by atoms with E-state index in [1.807, 2.05) is 0 Å². The van der Waals surface area contributed by atoms with Crippen molar-refractivity contribution in [1.29, 1.82) is 0 Å². The van der Waals surface area contributed by atoms with Gasteiger partial charge in [-0.25, -0.2) is 0 Å². The van der Waals surface area contributed by atoms with Gasteiger partial charge in [0.1, 0.15) is 6.23 Å². The van der Waals surface area contributed by atoms with Gasteiger partial charge in [0.25, 0.3) is 0 Å². The molecule has 0 heterocycles. The summed E-state index contributed by atoms with van der Waals surface area (Å²) in [5, 5.41) is 21.4. The quantitative estimate of drug-likeness (QED) is 0.0389. The van der Waals surface area contributed by atoms with Crippen LogP contribution in [0.2, 0.25) is 0 Å². The molecular formula is C44H88N2O14. The molecule has 0 aliphatic heterocycles. The second-order valence-corrected chi connectivity index (χ2v) is 14.1. The van der Waals surface area contributed by atoms with E-state index in [0.29, 0.717) is 139 Å². The van der Waals surface area contributed by atoms with Gasteiger partial charge >= 0.3 is 0 Å². The third-order valence-electron chi connectivity index (χ3n) is 8.99. The maximum Gasteiger partial charge on any atom is 0.151 e. The van der Waals surface area contributed by atoms with E-state index in [9.17, 15) is 9.90 Å². The summed E-state index contributed by atoms with van der Waals surface area (Å²) in [6.07, 6.45) is 20.3. The number of carbonyl (C=O) groups is 1. The lowest BCUT2D eigenvalue weighted by Crippen LogP contribution is -2.50. The van der Waals surface area contributed by atoms with Crippen molar-refractivity contribution in [3.05, 3.63) is 12.2 Å². The first kappa shape index (κ1) is 58.8. The Morgan fingerprint density at radius 3 is 1.17 bits per heavy atom. The van der Waals surface area contributed by atoms with Gasteiger partial charge in [-0.1, -0.05) is 70.4 Å². The predicted octanol–water partition coefficient (Wildman–Crippen LogP) is 4.00. The van der Waals surface area contributed by atoms with Crippen molar-refractivity contribution in [3.63, 3.8) is 0 Å².